The van der Waals surface area contributed by atoms with Crippen LogP contribution in [0.5, 0.6) is 5.75 Å². The van der Waals surface area contributed by atoms with E-state index in [4.69, 9.17) is 9.15 Å². The maximum absolute atomic E-state index is 12.1. The third-order valence-corrected chi connectivity index (χ3v) is 4.86. The molecule has 3 rings (SSSR count). The number of hydrogen-bond acceptors (Lipinski definition) is 6. The molecule has 0 spiro atoms. The fraction of sp³-hybridized carbons (Fsp3) is 0.250. The zero-order chi connectivity index (χ0) is 19.8. The summed E-state index contributed by atoms with van der Waals surface area (Å²) in [5, 5.41) is 12.0. The summed E-state index contributed by atoms with van der Waals surface area (Å²) in [7, 11) is 0. The van der Waals surface area contributed by atoms with Crippen LogP contribution in [0.15, 0.2) is 64.9 Å². The van der Waals surface area contributed by atoms with Crippen LogP contribution in [0.4, 0.5) is 0 Å². The van der Waals surface area contributed by atoms with Crippen molar-refractivity contribution in [1.82, 2.24) is 20.1 Å². The lowest BCUT2D eigenvalue weighted by Gasteiger charge is -2.08. The molecule has 7 nitrogen and oxygen atoms in total. The quantitative estimate of drug-likeness (QED) is 0.320. The summed E-state index contributed by atoms with van der Waals surface area (Å²) in [4.78, 5) is 12.1. The number of ether oxygens (including phenoxy) is 1. The van der Waals surface area contributed by atoms with Gasteiger partial charge in [-0.3, -0.25) is 9.36 Å². The Bertz CT molecular complexity index is 921. The van der Waals surface area contributed by atoms with E-state index in [1.54, 1.807) is 12.3 Å². The van der Waals surface area contributed by atoms with Gasteiger partial charge in [0.15, 0.2) is 11.0 Å². The van der Waals surface area contributed by atoms with Gasteiger partial charge in [0.05, 0.1) is 24.1 Å². The Balaban J connectivity index is 1.51. The molecule has 2 aromatic heterocycles. The Morgan fingerprint density at radius 1 is 1.32 bits per heavy atom. The SMILES string of the molecule is C=CCn1c(SCC(=O)NCCOc2ccccc2)nnc1-c1ccoc1C. The van der Waals surface area contributed by atoms with Gasteiger partial charge < -0.3 is 14.5 Å². The fourth-order valence-electron chi connectivity index (χ4n) is 2.56. The number of benzene rings is 1. The van der Waals surface area contributed by atoms with Gasteiger partial charge in [0, 0.05) is 6.54 Å². The zero-order valence-corrected chi connectivity index (χ0v) is 16.4. The van der Waals surface area contributed by atoms with Crippen molar-refractivity contribution in [2.75, 3.05) is 18.9 Å². The summed E-state index contributed by atoms with van der Waals surface area (Å²) in [5.74, 6) is 2.41. The molecule has 0 fully saturated rings. The van der Waals surface area contributed by atoms with E-state index in [1.807, 2.05) is 47.9 Å². The molecular formula is C20H22N4O3S. The van der Waals surface area contributed by atoms with Crippen molar-refractivity contribution in [2.45, 2.75) is 18.6 Å². The first kappa shape index (κ1) is 19.8. The highest BCUT2D eigenvalue weighted by atomic mass is 32.2. The van der Waals surface area contributed by atoms with Gasteiger partial charge >= 0.3 is 0 Å². The van der Waals surface area contributed by atoms with Crippen LogP contribution in [0.1, 0.15) is 5.76 Å². The average molecular weight is 398 g/mol. The number of para-hydroxylation sites is 1. The third kappa shape index (κ3) is 5.04. The maximum Gasteiger partial charge on any atom is 0.230 e. The van der Waals surface area contributed by atoms with Crippen molar-refractivity contribution in [3.63, 3.8) is 0 Å². The van der Waals surface area contributed by atoms with Gasteiger partial charge in [-0.2, -0.15) is 0 Å². The molecule has 0 atom stereocenters. The molecular weight excluding hydrogens is 376 g/mol. The second kappa shape index (κ2) is 9.80. The van der Waals surface area contributed by atoms with Gasteiger partial charge in [0.2, 0.25) is 5.91 Å². The number of carbonyl (C=O) groups is 1. The molecule has 0 aliphatic carbocycles. The number of hydrogen-bond donors (Lipinski definition) is 1. The number of nitrogens with zero attached hydrogens (tertiary/aromatic N) is 3. The molecule has 0 bridgehead atoms. The molecule has 2 heterocycles. The Hall–Kier alpha value is -3.00. The van der Waals surface area contributed by atoms with E-state index < -0.39 is 0 Å². The normalized spacial score (nSPS) is 10.6. The molecule has 28 heavy (non-hydrogen) atoms. The minimum Gasteiger partial charge on any atom is -0.492 e. The highest BCUT2D eigenvalue weighted by Crippen LogP contribution is 2.26. The smallest absolute Gasteiger partial charge is 0.230 e. The molecule has 8 heteroatoms. The highest BCUT2D eigenvalue weighted by molar-refractivity contribution is 7.99. The standard InChI is InChI=1S/C20H22N4O3S/c1-3-11-24-19(17-9-12-26-15(17)2)22-23-20(24)28-14-18(25)21-10-13-27-16-7-5-4-6-8-16/h3-9,12H,1,10-11,13-14H2,2H3,(H,21,25). The van der Waals surface area contributed by atoms with E-state index in [-0.39, 0.29) is 11.7 Å². The Morgan fingerprint density at radius 3 is 2.86 bits per heavy atom. The number of aryl methyl sites for hydroxylation is 1. The first-order valence-electron chi connectivity index (χ1n) is 8.85. The molecule has 0 aliphatic rings. The van der Waals surface area contributed by atoms with E-state index in [0.717, 1.165) is 17.1 Å². The van der Waals surface area contributed by atoms with Crippen LogP contribution in [-0.4, -0.2) is 39.6 Å². The molecule has 3 aromatic rings. The number of aromatic nitrogens is 3. The second-order valence-corrected chi connectivity index (χ2v) is 6.84. The van der Waals surface area contributed by atoms with Crippen molar-refractivity contribution < 1.29 is 13.9 Å². The zero-order valence-electron chi connectivity index (χ0n) is 15.6. The summed E-state index contributed by atoms with van der Waals surface area (Å²) >= 11 is 1.33. The molecule has 0 saturated carbocycles. The topological polar surface area (TPSA) is 82.2 Å². The van der Waals surface area contributed by atoms with Crippen molar-refractivity contribution in [3.05, 3.63) is 61.1 Å². The number of rotatable bonds is 10. The lowest BCUT2D eigenvalue weighted by Crippen LogP contribution is -2.29. The molecule has 1 aromatic carbocycles. The van der Waals surface area contributed by atoms with Crippen molar-refractivity contribution in [2.24, 2.45) is 0 Å². The first-order valence-corrected chi connectivity index (χ1v) is 9.83. The average Bonchev–Trinajstić information content (AvgIpc) is 3.30. The van der Waals surface area contributed by atoms with E-state index >= 15 is 0 Å². The largest absolute Gasteiger partial charge is 0.492 e. The maximum atomic E-state index is 12.1. The molecule has 1 amide bonds. The minimum atomic E-state index is -0.0872. The molecule has 0 unspecified atom stereocenters. The van der Waals surface area contributed by atoms with Gasteiger partial charge in [-0.05, 0) is 25.1 Å². The molecule has 0 aliphatic heterocycles. The Morgan fingerprint density at radius 2 is 2.14 bits per heavy atom. The van der Waals surface area contributed by atoms with Crippen molar-refractivity contribution >= 4 is 17.7 Å². The number of nitrogens with one attached hydrogen (secondary N) is 1. The van der Waals surface area contributed by atoms with Crippen LogP contribution in [-0.2, 0) is 11.3 Å². The summed E-state index contributed by atoms with van der Waals surface area (Å²) in [6, 6.07) is 11.3. The van der Waals surface area contributed by atoms with Crippen LogP contribution in [0, 0.1) is 6.92 Å². The number of carbonyl (C=O) groups excluding carboxylic acids is 1. The van der Waals surface area contributed by atoms with Crippen LogP contribution >= 0.6 is 11.8 Å². The van der Waals surface area contributed by atoms with Gasteiger partial charge in [0.1, 0.15) is 18.1 Å². The van der Waals surface area contributed by atoms with E-state index in [0.29, 0.717) is 30.7 Å². The monoisotopic (exact) mass is 398 g/mol. The van der Waals surface area contributed by atoms with Crippen LogP contribution in [0.25, 0.3) is 11.4 Å². The molecule has 0 radical (unpaired) electrons. The Kier molecular flexibility index (Phi) is 6.91. The van der Waals surface area contributed by atoms with Gasteiger partial charge in [0.25, 0.3) is 0 Å². The van der Waals surface area contributed by atoms with E-state index in [1.165, 1.54) is 11.8 Å². The molecule has 146 valence electrons. The van der Waals surface area contributed by atoms with Crippen LogP contribution < -0.4 is 10.1 Å². The predicted molar refractivity (Wildman–Crippen MR) is 108 cm³/mol. The van der Waals surface area contributed by atoms with E-state index in [9.17, 15) is 4.79 Å². The highest BCUT2D eigenvalue weighted by Gasteiger charge is 2.17. The Labute approximate surface area is 167 Å². The van der Waals surface area contributed by atoms with Crippen molar-refractivity contribution in [1.29, 1.82) is 0 Å². The van der Waals surface area contributed by atoms with Gasteiger partial charge in [-0.25, -0.2) is 0 Å². The van der Waals surface area contributed by atoms with Gasteiger partial charge in [-0.15, -0.1) is 16.8 Å². The second-order valence-electron chi connectivity index (χ2n) is 5.90. The fourth-order valence-corrected chi connectivity index (χ4v) is 3.34. The van der Waals surface area contributed by atoms with Crippen LogP contribution in [0.2, 0.25) is 0 Å². The number of thioether (sulfide) groups is 1. The van der Waals surface area contributed by atoms with Gasteiger partial charge in [-0.1, -0.05) is 36.0 Å². The summed E-state index contributed by atoms with van der Waals surface area (Å²) in [6.07, 6.45) is 3.39. The van der Waals surface area contributed by atoms with Crippen LogP contribution in [0.3, 0.4) is 0 Å². The third-order valence-electron chi connectivity index (χ3n) is 3.90. The summed E-state index contributed by atoms with van der Waals surface area (Å²) in [5.41, 5.74) is 0.878. The summed E-state index contributed by atoms with van der Waals surface area (Å²) < 4.78 is 12.8. The predicted octanol–water partition coefficient (Wildman–Crippen LogP) is 3.32. The van der Waals surface area contributed by atoms with E-state index in [2.05, 4.69) is 22.1 Å². The van der Waals surface area contributed by atoms with Crippen molar-refractivity contribution in [3.8, 4) is 17.1 Å². The number of amides is 1. The lowest BCUT2D eigenvalue weighted by atomic mass is 10.2. The lowest BCUT2D eigenvalue weighted by molar-refractivity contribution is -0.118. The molecule has 1 N–H and O–H groups in total. The number of allylic oxidation sites excluding steroid dienone is 1. The molecule has 0 saturated heterocycles. The first-order chi connectivity index (χ1) is 13.7. The summed E-state index contributed by atoms with van der Waals surface area (Å²) in [6.45, 7) is 7.06. The minimum absolute atomic E-state index is 0.0872. The number of furan rings is 1.